The minimum atomic E-state index is -0.602. The maximum atomic E-state index is 13.0. The van der Waals surface area contributed by atoms with Crippen molar-refractivity contribution in [3.8, 4) is 0 Å². The SMILES string of the molecule is CC1(C)C(C2=CC[C@H](C(=O)OCc3ccccc3)CC2)=CC[C@@]2(C)C1CC[C@]1(C)C2CC[C@@H]2[C@H]3CCC[C@]3(NCCC3(O)COC3)CC[C@]21C. The number of aliphatic hydroxyl groups is 1. The number of esters is 1. The van der Waals surface area contributed by atoms with Gasteiger partial charge in [0, 0.05) is 5.54 Å². The Hall–Kier alpha value is -1.95. The zero-order valence-corrected chi connectivity index (χ0v) is 31.8. The molecule has 0 aromatic heterocycles. The first-order chi connectivity index (χ1) is 23.8. The molecule has 0 spiro atoms. The van der Waals surface area contributed by atoms with Crippen molar-refractivity contribution in [3.63, 3.8) is 0 Å². The Balaban J connectivity index is 0.968. The van der Waals surface area contributed by atoms with Gasteiger partial charge in [-0.3, -0.25) is 4.79 Å². The minimum absolute atomic E-state index is 0.0284. The molecule has 1 aromatic rings. The summed E-state index contributed by atoms with van der Waals surface area (Å²) in [4.78, 5) is 13.0. The van der Waals surface area contributed by atoms with Crippen molar-refractivity contribution in [1.29, 1.82) is 0 Å². The normalized spacial score (nSPS) is 42.8. The van der Waals surface area contributed by atoms with Crippen LogP contribution in [0.2, 0.25) is 0 Å². The quantitative estimate of drug-likeness (QED) is 0.268. The predicted molar refractivity (Wildman–Crippen MR) is 199 cm³/mol. The molecule has 2 unspecified atom stereocenters. The molecule has 4 saturated carbocycles. The summed E-state index contributed by atoms with van der Waals surface area (Å²) < 4.78 is 11.1. The van der Waals surface area contributed by atoms with E-state index in [-0.39, 0.29) is 22.8 Å². The van der Waals surface area contributed by atoms with Crippen molar-refractivity contribution < 1.29 is 19.4 Å². The summed E-state index contributed by atoms with van der Waals surface area (Å²) in [6, 6.07) is 10.0. The standard InChI is InChI=1S/C45H65NO4/c1-40(2)34(32-13-15-33(16-14-32)39(47)50-28-31-10-7-6-8-11-31)19-22-41(3)37(40)20-23-43(5)38(41)18-17-35-36-12-9-21-45(36,25-24-42(35,43)4)46-27-26-44(48)29-49-30-44/h6-8,10-11,13,19,33,35-38,46,48H,9,12,14-18,20-30H2,1-5H3/t33-,35+,36+,37?,38?,41-,42+,43+,45-/m0/s1. The van der Waals surface area contributed by atoms with Gasteiger partial charge < -0.3 is 19.9 Å². The van der Waals surface area contributed by atoms with Gasteiger partial charge >= 0.3 is 5.97 Å². The lowest BCUT2D eigenvalue weighted by molar-refractivity contribution is -0.219. The van der Waals surface area contributed by atoms with Gasteiger partial charge in [0.1, 0.15) is 12.2 Å². The number of carbonyl (C=O) groups excluding carboxylic acids is 1. The van der Waals surface area contributed by atoms with E-state index in [0.29, 0.717) is 42.0 Å². The van der Waals surface area contributed by atoms with Crippen molar-refractivity contribution >= 4 is 5.97 Å². The Morgan fingerprint density at radius 2 is 1.68 bits per heavy atom. The number of hydrogen-bond acceptors (Lipinski definition) is 5. The molecule has 5 fully saturated rings. The van der Waals surface area contributed by atoms with Crippen LogP contribution in [0.3, 0.4) is 0 Å². The molecule has 8 rings (SSSR count). The highest BCUT2D eigenvalue weighted by molar-refractivity contribution is 5.73. The molecule has 7 aliphatic rings. The summed E-state index contributed by atoms with van der Waals surface area (Å²) in [5.74, 6) is 2.93. The van der Waals surface area contributed by atoms with E-state index in [1.54, 1.807) is 5.57 Å². The lowest BCUT2D eigenvalue weighted by atomic mass is 9.33. The van der Waals surface area contributed by atoms with Crippen molar-refractivity contribution in [2.24, 2.45) is 51.2 Å². The first-order valence-corrected chi connectivity index (χ1v) is 20.5. The van der Waals surface area contributed by atoms with Crippen LogP contribution in [-0.2, 0) is 20.9 Å². The minimum Gasteiger partial charge on any atom is -0.461 e. The topological polar surface area (TPSA) is 67.8 Å². The molecule has 5 heteroatoms. The van der Waals surface area contributed by atoms with Crippen molar-refractivity contribution in [2.75, 3.05) is 19.8 Å². The van der Waals surface area contributed by atoms with Gasteiger partial charge in [-0.2, -0.15) is 0 Å². The van der Waals surface area contributed by atoms with Gasteiger partial charge in [0.05, 0.1) is 19.1 Å². The van der Waals surface area contributed by atoms with Crippen LogP contribution in [0, 0.1) is 51.2 Å². The van der Waals surface area contributed by atoms with Gasteiger partial charge in [0.15, 0.2) is 0 Å². The lowest BCUT2D eigenvalue weighted by Crippen LogP contribution is -2.67. The van der Waals surface area contributed by atoms with Gasteiger partial charge in [-0.1, -0.05) is 83.5 Å². The number of allylic oxidation sites excluding steroid dienone is 4. The number of rotatable bonds is 8. The van der Waals surface area contributed by atoms with Gasteiger partial charge in [0.25, 0.3) is 0 Å². The van der Waals surface area contributed by atoms with E-state index < -0.39 is 5.60 Å². The molecule has 1 aromatic carbocycles. The van der Waals surface area contributed by atoms with E-state index in [4.69, 9.17) is 9.47 Å². The molecule has 274 valence electrons. The van der Waals surface area contributed by atoms with Crippen LogP contribution >= 0.6 is 0 Å². The Morgan fingerprint density at radius 3 is 2.40 bits per heavy atom. The summed E-state index contributed by atoms with van der Waals surface area (Å²) >= 11 is 0. The van der Waals surface area contributed by atoms with E-state index in [1.165, 1.54) is 69.8 Å². The third-order valence-corrected chi connectivity index (χ3v) is 17.1. The molecule has 1 aliphatic heterocycles. The number of nitrogens with one attached hydrogen (secondary N) is 1. The van der Waals surface area contributed by atoms with E-state index in [1.807, 2.05) is 30.3 Å². The predicted octanol–water partition coefficient (Wildman–Crippen LogP) is 9.34. The van der Waals surface area contributed by atoms with Crippen LogP contribution in [0.15, 0.2) is 53.6 Å². The number of carbonyl (C=O) groups is 1. The Morgan fingerprint density at radius 1 is 0.880 bits per heavy atom. The second-order valence-electron chi connectivity index (χ2n) is 19.6. The first kappa shape index (κ1) is 35.1. The zero-order valence-electron chi connectivity index (χ0n) is 31.8. The van der Waals surface area contributed by atoms with Crippen LogP contribution < -0.4 is 5.32 Å². The fourth-order valence-electron chi connectivity index (χ4n) is 14.2. The van der Waals surface area contributed by atoms with Gasteiger partial charge in [-0.05, 0) is 152 Å². The van der Waals surface area contributed by atoms with Crippen LogP contribution in [0.25, 0.3) is 0 Å². The highest BCUT2D eigenvalue weighted by Crippen LogP contribution is 2.76. The molecule has 5 nitrogen and oxygen atoms in total. The average molecular weight is 684 g/mol. The maximum absolute atomic E-state index is 13.0. The average Bonchev–Trinajstić information content (AvgIpc) is 3.51. The molecular weight excluding hydrogens is 618 g/mol. The van der Waals surface area contributed by atoms with Crippen LogP contribution in [0.1, 0.15) is 130 Å². The lowest BCUT2D eigenvalue weighted by Gasteiger charge is -2.72. The highest BCUT2D eigenvalue weighted by Gasteiger charge is 2.69. The Bertz CT molecular complexity index is 1510. The monoisotopic (exact) mass is 683 g/mol. The second-order valence-corrected chi connectivity index (χ2v) is 19.6. The molecule has 0 bridgehead atoms. The van der Waals surface area contributed by atoms with E-state index in [2.05, 4.69) is 52.1 Å². The number of benzene rings is 1. The van der Waals surface area contributed by atoms with E-state index in [9.17, 15) is 9.90 Å². The molecule has 2 N–H and O–H groups in total. The molecule has 6 aliphatic carbocycles. The van der Waals surface area contributed by atoms with Gasteiger partial charge in [-0.15, -0.1) is 0 Å². The molecule has 0 amide bonds. The van der Waals surface area contributed by atoms with Crippen molar-refractivity contribution in [3.05, 3.63) is 59.2 Å². The molecule has 1 saturated heterocycles. The van der Waals surface area contributed by atoms with Crippen molar-refractivity contribution in [1.82, 2.24) is 5.32 Å². The van der Waals surface area contributed by atoms with Crippen LogP contribution in [-0.4, -0.2) is 42.0 Å². The highest BCUT2D eigenvalue weighted by atomic mass is 16.5. The third-order valence-electron chi connectivity index (χ3n) is 17.1. The number of ether oxygens (including phenoxy) is 2. The second kappa shape index (κ2) is 12.6. The Labute approximate surface area is 302 Å². The largest absolute Gasteiger partial charge is 0.461 e. The van der Waals surface area contributed by atoms with Crippen LogP contribution in [0.4, 0.5) is 0 Å². The zero-order chi connectivity index (χ0) is 35.0. The number of fused-ring (bicyclic) bond motifs is 7. The summed E-state index contributed by atoms with van der Waals surface area (Å²) in [6.07, 6.45) is 21.9. The summed E-state index contributed by atoms with van der Waals surface area (Å²) in [6.45, 7) is 15.6. The van der Waals surface area contributed by atoms with Crippen molar-refractivity contribution in [2.45, 2.75) is 142 Å². The van der Waals surface area contributed by atoms with Gasteiger partial charge in [-0.25, -0.2) is 0 Å². The third kappa shape index (κ3) is 5.44. The van der Waals surface area contributed by atoms with Gasteiger partial charge in [0.2, 0.25) is 0 Å². The van der Waals surface area contributed by atoms with E-state index >= 15 is 0 Å². The fourth-order valence-corrected chi connectivity index (χ4v) is 14.2. The molecular formula is C45H65NO4. The summed E-state index contributed by atoms with van der Waals surface area (Å²) in [5, 5.41) is 14.8. The van der Waals surface area contributed by atoms with E-state index in [0.717, 1.165) is 55.5 Å². The summed E-state index contributed by atoms with van der Waals surface area (Å²) in [5.41, 5.74) is 5.00. The molecule has 1 heterocycles. The maximum Gasteiger partial charge on any atom is 0.309 e. The van der Waals surface area contributed by atoms with Crippen LogP contribution in [0.5, 0.6) is 0 Å². The molecule has 50 heavy (non-hydrogen) atoms. The fraction of sp³-hybridized carbons (Fsp3) is 0.756. The Kier molecular flexibility index (Phi) is 8.83. The summed E-state index contributed by atoms with van der Waals surface area (Å²) in [7, 11) is 0. The first-order valence-electron chi connectivity index (χ1n) is 20.5. The smallest absolute Gasteiger partial charge is 0.309 e. The molecule has 9 atom stereocenters. The molecule has 0 radical (unpaired) electrons. The number of hydrogen-bond donors (Lipinski definition) is 2.